The monoisotopic (exact) mass is 483 g/mol. The molecule has 0 unspecified atom stereocenters. The number of hydrogen-bond donors (Lipinski definition) is 1. The lowest BCUT2D eigenvalue weighted by molar-refractivity contribution is -0.384. The van der Waals surface area contributed by atoms with Gasteiger partial charge in [-0.3, -0.25) is 14.9 Å². The molecule has 11 heteroatoms. The van der Waals surface area contributed by atoms with Gasteiger partial charge < -0.3 is 8.92 Å². The number of nitro groups is 1. The van der Waals surface area contributed by atoms with Crippen LogP contribution in [0.1, 0.15) is 28.4 Å². The summed E-state index contributed by atoms with van der Waals surface area (Å²) in [4.78, 5) is 22.3. The maximum atomic E-state index is 12.6. The fourth-order valence-electron chi connectivity index (χ4n) is 2.78. The van der Waals surface area contributed by atoms with Crippen LogP contribution in [0.25, 0.3) is 0 Å². The van der Waals surface area contributed by atoms with Crippen molar-refractivity contribution in [2.75, 3.05) is 6.61 Å². The number of nitrogens with zero attached hydrogens (tertiary/aromatic N) is 2. The number of benzene rings is 3. The number of non-ortho nitro benzene ring substituents is 1. The lowest BCUT2D eigenvalue weighted by Crippen LogP contribution is -2.17. The van der Waals surface area contributed by atoms with E-state index in [1.54, 1.807) is 25.1 Å². The Bertz CT molecular complexity index is 1320. The molecular weight excluding hydrogens is 462 g/mol. The zero-order valence-electron chi connectivity index (χ0n) is 18.3. The first-order valence-corrected chi connectivity index (χ1v) is 11.5. The largest absolute Gasteiger partial charge is 0.490 e. The summed E-state index contributed by atoms with van der Waals surface area (Å²) < 4.78 is 36.0. The number of hydrogen-bond acceptors (Lipinski definition) is 8. The number of nitro benzene ring substituents is 1. The Morgan fingerprint density at radius 1 is 1.06 bits per heavy atom. The molecular formula is C23H21N3O7S. The van der Waals surface area contributed by atoms with Gasteiger partial charge >= 0.3 is 10.1 Å². The van der Waals surface area contributed by atoms with Gasteiger partial charge in [-0.2, -0.15) is 13.5 Å². The van der Waals surface area contributed by atoms with Crippen LogP contribution >= 0.6 is 0 Å². The standard InChI is InChI=1S/C23H21N3O7S/c1-3-32-22-14-17(15-24-25-23(27)18-7-9-19(10-8-18)26(28)29)6-13-21(22)33-34(30,31)20-11-4-16(2)5-12-20/h4-15H,3H2,1-2H3,(H,25,27)/b24-15-. The molecule has 0 aliphatic carbocycles. The van der Waals surface area contributed by atoms with E-state index in [0.29, 0.717) is 5.56 Å². The minimum absolute atomic E-state index is 0.00879. The van der Waals surface area contributed by atoms with Gasteiger partial charge in [0.05, 0.1) is 17.7 Å². The van der Waals surface area contributed by atoms with E-state index in [2.05, 4.69) is 10.5 Å². The zero-order valence-corrected chi connectivity index (χ0v) is 19.1. The summed E-state index contributed by atoms with van der Waals surface area (Å²) >= 11 is 0. The van der Waals surface area contributed by atoms with Crippen LogP contribution in [0.5, 0.6) is 11.5 Å². The maximum absolute atomic E-state index is 12.6. The second-order valence-corrected chi connectivity index (χ2v) is 8.54. The summed E-state index contributed by atoms with van der Waals surface area (Å²) in [5.41, 5.74) is 3.81. The molecule has 10 nitrogen and oxygen atoms in total. The average molecular weight is 484 g/mol. The van der Waals surface area contributed by atoms with Crippen molar-refractivity contribution >= 4 is 27.9 Å². The second-order valence-electron chi connectivity index (χ2n) is 6.99. The van der Waals surface area contributed by atoms with Crippen molar-refractivity contribution in [2.45, 2.75) is 18.7 Å². The smallest absolute Gasteiger partial charge is 0.339 e. The first kappa shape index (κ1) is 24.4. The highest BCUT2D eigenvalue weighted by Gasteiger charge is 2.19. The van der Waals surface area contributed by atoms with E-state index in [9.17, 15) is 23.3 Å². The third-order valence-electron chi connectivity index (χ3n) is 4.50. The number of aryl methyl sites for hydroxylation is 1. The van der Waals surface area contributed by atoms with Crippen LogP contribution in [0.4, 0.5) is 5.69 Å². The van der Waals surface area contributed by atoms with E-state index in [1.807, 2.05) is 6.92 Å². The van der Waals surface area contributed by atoms with E-state index in [-0.39, 0.29) is 34.3 Å². The van der Waals surface area contributed by atoms with Gasteiger partial charge in [0.1, 0.15) is 4.90 Å². The van der Waals surface area contributed by atoms with Crippen molar-refractivity contribution in [3.8, 4) is 11.5 Å². The first-order chi connectivity index (χ1) is 16.2. The molecule has 0 aromatic heterocycles. The minimum atomic E-state index is -4.06. The summed E-state index contributed by atoms with van der Waals surface area (Å²) in [7, 11) is -4.06. The molecule has 0 saturated heterocycles. The number of hydrazone groups is 1. The third kappa shape index (κ3) is 6.17. The summed E-state index contributed by atoms with van der Waals surface area (Å²) in [6, 6.07) is 15.8. The molecule has 0 aliphatic rings. The van der Waals surface area contributed by atoms with Crippen LogP contribution in [0.3, 0.4) is 0 Å². The molecule has 0 bridgehead atoms. The normalized spacial score (nSPS) is 11.2. The molecule has 3 aromatic rings. The molecule has 1 N–H and O–H groups in total. The van der Waals surface area contributed by atoms with Gasteiger partial charge in [-0.1, -0.05) is 17.7 Å². The third-order valence-corrected chi connectivity index (χ3v) is 5.75. The molecule has 0 spiro atoms. The van der Waals surface area contributed by atoms with Crippen LogP contribution in [0, 0.1) is 17.0 Å². The van der Waals surface area contributed by atoms with Gasteiger partial charge in [0.2, 0.25) is 0 Å². The predicted molar refractivity (Wildman–Crippen MR) is 125 cm³/mol. The maximum Gasteiger partial charge on any atom is 0.339 e. The minimum Gasteiger partial charge on any atom is -0.490 e. The summed E-state index contributed by atoms with van der Waals surface area (Å²) in [5, 5.41) is 14.6. The van der Waals surface area contributed by atoms with Gasteiger partial charge in [-0.05, 0) is 61.9 Å². The van der Waals surface area contributed by atoms with Crippen molar-refractivity contribution in [3.05, 3.63) is 93.5 Å². The predicted octanol–water partition coefficient (Wildman–Crippen LogP) is 3.83. The molecule has 0 radical (unpaired) electrons. The Morgan fingerprint density at radius 3 is 2.35 bits per heavy atom. The molecule has 176 valence electrons. The second kappa shape index (κ2) is 10.6. The van der Waals surface area contributed by atoms with E-state index in [4.69, 9.17) is 8.92 Å². The number of rotatable bonds is 9. The van der Waals surface area contributed by atoms with Crippen molar-refractivity contribution in [1.82, 2.24) is 5.43 Å². The van der Waals surface area contributed by atoms with Crippen molar-refractivity contribution in [2.24, 2.45) is 5.10 Å². The van der Waals surface area contributed by atoms with Crippen molar-refractivity contribution in [3.63, 3.8) is 0 Å². The Morgan fingerprint density at radius 2 is 1.74 bits per heavy atom. The van der Waals surface area contributed by atoms with Crippen LogP contribution in [0.2, 0.25) is 0 Å². The Hall–Kier alpha value is -4.25. The van der Waals surface area contributed by atoms with Crippen molar-refractivity contribution in [1.29, 1.82) is 0 Å². The van der Waals surface area contributed by atoms with Crippen LogP contribution < -0.4 is 14.3 Å². The highest BCUT2D eigenvalue weighted by Crippen LogP contribution is 2.31. The average Bonchev–Trinajstić information content (AvgIpc) is 2.81. The molecule has 1 amide bonds. The number of amides is 1. The topological polar surface area (TPSA) is 137 Å². The molecule has 0 aliphatic heterocycles. The SMILES string of the molecule is CCOc1cc(/C=N\NC(=O)c2ccc([N+](=O)[O-])cc2)ccc1OS(=O)(=O)c1ccc(C)cc1. The fourth-order valence-corrected chi connectivity index (χ4v) is 3.72. The summed E-state index contributed by atoms with van der Waals surface area (Å²) in [6.45, 7) is 3.85. The highest BCUT2D eigenvalue weighted by atomic mass is 32.2. The lowest BCUT2D eigenvalue weighted by Gasteiger charge is -2.12. The summed E-state index contributed by atoms with van der Waals surface area (Å²) in [5.74, 6) is -0.362. The van der Waals surface area contributed by atoms with E-state index in [1.165, 1.54) is 54.7 Å². The fraction of sp³-hybridized carbons (Fsp3) is 0.130. The van der Waals surface area contributed by atoms with Gasteiger partial charge in [-0.25, -0.2) is 5.43 Å². The van der Waals surface area contributed by atoms with Gasteiger partial charge in [0.15, 0.2) is 11.5 Å². The van der Waals surface area contributed by atoms with Crippen LogP contribution in [0.15, 0.2) is 76.7 Å². The van der Waals surface area contributed by atoms with Crippen molar-refractivity contribution < 1.29 is 27.1 Å². The number of ether oxygens (including phenoxy) is 1. The molecule has 0 saturated carbocycles. The van der Waals surface area contributed by atoms with Gasteiger partial charge in [0.25, 0.3) is 11.6 Å². The number of carbonyl (C=O) groups is 1. The van der Waals surface area contributed by atoms with Crippen LogP contribution in [-0.2, 0) is 10.1 Å². The van der Waals surface area contributed by atoms with Gasteiger partial charge in [0, 0.05) is 17.7 Å². The first-order valence-electron chi connectivity index (χ1n) is 10.1. The Labute approximate surface area is 196 Å². The molecule has 0 heterocycles. The van der Waals surface area contributed by atoms with E-state index < -0.39 is 20.9 Å². The molecule has 0 atom stereocenters. The van der Waals surface area contributed by atoms with E-state index >= 15 is 0 Å². The lowest BCUT2D eigenvalue weighted by atomic mass is 10.2. The van der Waals surface area contributed by atoms with Crippen LogP contribution in [-0.4, -0.2) is 32.1 Å². The van der Waals surface area contributed by atoms with Gasteiger partial charge in [-0.15, -0.1) is 0 Å². The molecule has 34 heavy (non-hydrogen) atoms. The number of carbonyl (C=O) groups excluding carboxylic acids is 1. The molecule has 3 rings (SSSR count). The zero-order chi connectivity index (χ0) is 24.7. The Kier molecular flexibility index (Phi) is 7.59. The number of nitrogens with one attached hydrogen (secondary N) is 1. The molecule has 3 aromatic carbocycles. The summed E-state index contributed by atoms with van der Waals surface area (Å²) in [6.07, 6.45) is 1.34. The quantitative estimate of drug-likeness (QED) is 0.211. The molecule has 0 fully saturated rings. The van der Waals surface area contributed by atoms with E-state index in [0.717, 1.165) is 5.56 Å². The Balaban J connectivity index is 1.73. The highest BCUT2D eigenvalue weighted by molar-refractivity contribution is 7.87.